The van der Waals surface area contributed by atoms with Gasteiger partial charge in [-0.05, 0) is 39.0 Å². The van der Waals surface area contributed by atoms with E-state index in [-0.39, 0.29) is 18.3 Å². The zero-order chi connectivity index (χ0) is 20.9. The first-order chi connectivity index (χ1) is 13.1. The summed E-state index contributed by atoms with van der Waals surface area (Å²) in [6, 6.07) is 3.38. The summed E-state index contributed by atoms with van der Waals surface area (Å²) in [5.74, 6) is -0.428. The van der Waals surface area contributed by atoms with Gasteiger partial charge < -0.3 is 20.1 Å². The molecule has 1 aromatic carbocycles. The first-order valence-corrected chi connectivity index (χ1v) is 9.34. The van der Waals surface area contributed by atoms with Crippen LogP contribution in [-0.4, -0.2) is 67.5 Å². The quantitative estimate of drug-likeness (QED) is 0.733. The molecule has 28 heavy (non-hydrogen) atoms. The van der Waals surface area contributed by atoms with Crippen molar-refractivity contribution >= 4 is 17.3 Å². The minimum absolute atomic E-state index is 0.000531. The van der Waals surface area contributed by atoms with Crippen molar-refractivity contribution in [1.82, 2.24) is 4.90 Å². The average Bonchev–Trinajstić information content (AvgIpc) is 2.60. The van der Waals surface area contributed by atoms with Gasteiger partial charge in [0.2, 0.25) is 5.91 Å². The lowest BCUT2D eigenvalue weighted by atomic mass is 10.1. The Hall–Kier alpha value is -1.84. The van der Waals surface area contributed by atoms with Gasteiger partial charge in [-0.15, -0.1) is 0 Å². The SMILES string of the molecule is CC(O)CN(CC(=O)Nc1cc(C(F)(F)F)ccc1N1CCOCC1)C(C)C. The third-order valence-corrected chi connectivity index (χ3v) is 4.53. The molecule has 0 aromatic heterocycles. The van der Waals surface area contributed by atoms with Gasteiger partial charge in [0.15, 0.2) is 0 Å². The van der Waals surface area contributed by atoms with Crippen LogP contribution in [0.25, 0.3) is 0 Å². The lowest BCUT2D eigenvalue weighted by molar-refractivity contribution is -0.137. The molecule has 0 radical (unpaired) electrons. The van der Waals surface area contributed by atoms with Crippen molar-refractivity contribution in [2.24, 2.45) is 0 Å². The summed E-state index contributed by atoms with van der Waals surface area (Å²) in [6.45, 7) is 7.69. The molecular weight excluding hydrogens is 375 g/mol. The highest BCUT2D eigenvalue weighted by molar-refractivity contribution is 5.95. The highest BCUT2D eigenvalue weighted by atomic mass is 19.4. The van der Waals surface area contributed by atoms with Crippen LogP contribution in [-0.2, 0) is 15.7 Å². The number of halogens is 3. The molecule has 0 spiro atoms. The molecule has 2 N–H and O–H groups in total. The molecule has 0 bridgehead atoms. The summed E-state index contributed by atoms with van der Waals surface area (Å²) in [5, 5.41) is 12.2. The van der Waals surface area contributed by atoms with Crippen molar-refractivity contribution in [1.29, 1.82) is 0 Å². The zero-order valence-corrected chi connectivity index (χ0v) is 16.4. The first kappa shape index (κ1) is 22.4. The van der Waals surface area contributed by atoms with E-state index in [1.807, 2.05) is 18.7 Å². The highest BCUT2D eigenvalue weighted by Gasteiger charge is 2.32. The molecule has 1 atom stereocenters. The van der Waals surface area contributed by atoms with E-state index in [4.69, 9.17) is 4.74 Å². The third-order valence-electron chi connectivity index (χ3n) is 4.53. The number of carbonyl (C=O) groups is 1. The Morgan fingerprint density at radius 2 is 1.93 bits per heavy atom. The number of benzene rings is 1. The monoisotopic (exact) mass is 403 g/mol. The molecule has 1 aliphatic heterocycles. The fraction of sp³-hybridized carbons (Fsp3) is 0.632. The Balaban J connectivity index is 2.23. The number of hydrogen-bond donors (Lipinski definition) is 2. The van der Waals surface area contributed by atoms with Crippen LogP contribution in [0.5, 0.6) is 0 Å². The second kappa shape index (κ2) is 9.58. The maximum absolute atomic E-state index is 13.2. The van der Waals surface area contributed by atoms with Gasteiger partial charge in [0.25, 0.3) is 0 Å². The number of hydrogen-bond acceptors (Lipinski definition) is 5. The summed E-state index contributed by atoms with van der Waals surface area (Å²) in [4.78, 5) is 16.2. The number of alkyl halides is 3. The molecule has 1 amide bonds. The number of anilines is 2. The molecule has 0 aliphatic carbocycles. The van der Waals surface area contributed by atoms with Crippen molar-refractivity contribution in [2.75, 3.05) is 49.6 Å². The van der Waals surface area contributed by atoms with Crippen molar-refractivity contribution in [2.45, 2.75) is 39.1 Å². The van der Waals surface area contributed by atoms with Crippen molar-refractivity contribution in [3.8, 4) is 0 Å². The molecule has 1 unspecified atom stereocenters. The Kier molecular flexibility index (Phi) is 7.68. The van der Waals surface area contributed by atoms with Crippen LogP contribution in [0.2, 0.25) is 0 Å². The largest absolute Gasteiger partial charge is 0.416 e. The van der Waals surface area contributed by atoms with E-state index in [0.717, 1.165) is 12.1 Å². The second-order valence-corrected chi connectivity index (χ2v) is 7.25. The number of aliphatic hydroxyl groups is 1. The predicted octanol–water partition coefficient (Wildman–Crippen LogP) is 2.57. The molecule has 1 heterocycles. The van der Waals surface area contributed by atoms with E-state index in [1.54, 1.807) is 11.8 Å². The normalized spacial score (nSPS) is 16.5. The highest BCUT2D eigenvalue weighted by Crippen LogP contribution is 2.35. The Morgan fingerprint density at radius 3 is 2.46 bits per heavy atom. The number of aliphatic hydroxyl groups excluding tert-OH is 1. The lowest BCUT2D eigenvalue weighted by Gasteiger charge is -2.31. The first-order valence-electron chi connectivity index (χ1n) is 9.34. The van der Waals surface area contributed by atoms with Gasteiger partial charge >= 0.3 is 6.18 Å². The van der Waals surface area contributed by atoms with E-state index >= 15 is 0 Å². The Bertz CT molecular complexity index is 660. The van der Waals surface area contributed by atoms with Gasteiger partial charge in [0.05, 0.1) is 42.8 Å². The van der Waals surface area contributed by atoms with Crippen LogP contribution < -0.4 is 10.2 Å². The van der Waals surface area contributed by atoms with Crippen molar-refractivity contribution in [3.63, 3.8) is 0 Å². The number of nitrogens with one attached hydrogen (secondary N) is 1. The molecule has 6 nitrogen and oxygen atoms in total. The van der Waals surface area contributed by atoms with Crippen LogP contribution >= 0.6 is 0 Å². The van der Waals surface area contributed by atoms with Crippen LogP contribution in [0.4, 0.5) is 24.5 Å². The average molecular weight is 403 g/mol. The summed E-state index contributed by atoms with van der Waals surface area (Å²) in [6.07, 6.45) is -5.12. The smallest absolute Gasteiger partial charge is 0.392 e. The fourth-order valence-electron chi connectivity index (χ4n) is 3.06. The second-order valence-electron chi connectivity index (χ2n) is 7.25. The molecule has 1 saturated heterocycles. The number of ether oxygens (including phenoxy) is 1. The summed E-state index contributed by atoms with van der Waals surface area (Å²) in [7, 11) is 0. The van der Waals surface area contributed by atoms with E-state index in [0.29, 0.717) is 38.5 Å². The van der Waals surface area contributed by atoms with E-state index < -0.39 is 23.8 Å². The molecule has 0 saturated carbocycles. The van der Waals surface area contributed by atoms with Crippen LogP contribution in [0.3, 0.4) is 0 Å². The predicted molar refractivity (Wildman–Crippen MR) is 101 cm³/mol. The van der Waals surface area contributed by atoms with Crippen LogP contribution in [0.15, 0.2) is 18.2 Å². The molecular formula is C19H28F3N3O3. The molecule has 1 aliphatic rings. The third kappa shape index (κ3) is 6.35. The standard InChI is InChI=1S/C19H28F3N3O3/c1-13(2)25(11-14(3)26)12-18(27)23-16-10-15(19(20,21)22)4-5-17(16)24-6-8-28-9-7-24/h4-5,10,13-14,26H,6-9,11-12H2,1-3H3,(H,23,27). The topological polar surface area (TPSA) is 65.0 Å². The van der Waals surface area contributed by atoms with Crippen LogP contribution in [0, 0.1) is 0 Å². The van der Waals surface area contributed by atoms with E-state index in [9.17, 15) is 23.1 Å². The molecule has 158 valence electrons. The fourth-order valence-corrected chi connectivity index (χ4v) is 3.06. The van der Waals surface area contributed by atoms with Crippen molar-refractivity contribution in [3.05, 3.63) is 23.8 Å². The maximum Gasteiger partial charge on any atom is 0.416 e. The van der Waals surface area contributed by atoms with Gasteiger partial charge in [0, 0.05) is 25.7 Å². The number of nitrogens with zero attached hydrogens (tertiary/aromatic N) is 2. The number of morpholine rings is 1. The molecule has 2 rings (SSSR count). The van der Waals surface area contributed by atoms with E-state index in [2.05, 4.69) is 5.32 Å². The zero-order valence-electron chi connectivity index (χ0n) is 16.4. The maximum atomic E-state index is 13.2. The van der Waals surface area contributed by atoms with Gasteiger partial charge in [-0.1, -0.05) is 0 Å². The van der Waals surface area contributed by atoms with Gasteiger partial charge in [-0.2, -0.15) is 13.2 Å². The van der Waals surface area contributed by atoms with Gasteiger partial charge in [0.1, 0.15) is 0 Å². The van der Waals surface area contributed by atoms with E-state index in [1.165, 1.54) is 6.07 Å². The number of rotatable bonds is 7. The molecule has 9 heteroatoms. The van der Waals surface area contributed by atoms with Gasteiger partial charge in [-0.25, -0.2) is 0 Å². The summed E-state index contributed by atoms with van der Waals surface area (Å²) < 4.78 is 44.8. The van der Waals surface area contributed by atoms with Crippen LogP contribution in [0.1, 0.15) is 26.3 Å². The summed E-state index contributed by atoms with van der Waals surface area (Å²) >= 11 is 0. The number of amides is 1. The molecule has 1 fully saturated rings. The minimum Gasteiger partial charge on any atom is -0.392 e. The lowest BCUT2D eigenvalue weighted by Crippen LogP contribution is -2.42. The Morgan fingerprint density at radius 1 is 1.29 bits per heavy atom. The minimum atomic E-state index is -4.50. The molecule has 1 aromatic rings. The van der Waals surface area contributed by atoms with Crippen molar-refractivity contribution < 1.29 is 27.8 Å². The Labute approximate surface area is 163 Å². The number of carbonyl (C=O) groups excluding carboxylic acids is 1. The summed E-state index contributed by atoms with van der Waals surface area (Å²) in [5.41, 5.74) is -0.150. The van der Waals surface area contributed by atoms with Gasteiger partial charge in [-0.3, -0.25) is 9.69 Å².